The zero-order valence-electron chi connectivity index (χ0n) is 13.9. The number of carbonyl (C=O) groups excluding carboxylic acids is 2. The molecular formula is C16H26N4O2. The lowest BCUT2D eigenvalue weighted by Crippen LogP contribution is -2.40. The average molecular weight is 306 g/mol. The van der Waals surface area contributed by atoms with E-state index < -0.39 is 0 Å². The van der Waals surface area contributed by atoms with Gasteiger partial charge >= 0.3 is 0 Å². The molecule has 0 radical (unpaired) electrons. The van der Waals surface area contributed by atoms with E-state index in [1.54, 1.807) is 4.90 Å². The third kappa shape index (κ3) is 6.20. The third-order valence-electron chi connectivity index (χ3n) is 3.29. The van der Waals surface area contributed by atoms with Gasteiger partial charge in [-0.3, -0.25) is 14.6 Å². The molecule has 0 fully saturated rings. The molecule has 1 heterocycles. The lowest BCUT2D eigenvalue weighted by molar-refractivity contribution is -0.121. The first-order valence-corrected chi connectivity index (χ1v) is 7.75. The minimum Gasteiger partial charge on any atom is -0.356 e. The summed E-state index contributed by atoms with van der Waals surface area (Å²) in [6.07, 6.45) is 5.71. The molecule has 22 heavy (non-hydrogen) atoms. The molecule has 0 atom stereocenters. The van der Waals surface area contributed by atoms with Crippen molar-refractivity contribution in [2.45, 2.75) is 46.6 Å². The van der Waals surface area contributed by atoms with E-state index in [0.717, 1.165) is 6.42 Å². The van der Waals surface area contributed by atoms with Crippen LogP contribution in [-0.2, 0) is 4.79 Å². The zero-order chi connectivity index (χ0) is 16.5. The molecule has 1 rings (SSSR count). The maximum absolute atomic E-state index is 12.4. The monoisotopic (exact) mass is 306 g/mol. The number of nitrogens with zero attached hydrogens (tertiary/aromatic N) is 3. The van der Waals surface area contributed by atoms with Crippen molar-refractivity contribution < 1.29 is 9.59 Å². The molecule has 2 amide bonds. The van der Waals surface area contributed by atoms with Gasteiger partial charge in [-0.25, -0.2) is 4.98 Å². The molecule has 0 saturated carbocycles. The predicted molar refractivity (Wildman–Crippen MR) is 85.3 cm³/mol. The number of hydrogen-bond donors (Lipinski definition) is 1. The molecule has 0 aliphatic heterocycles. The first-order chi connectivity index (χ1) is 10.4. The van der Waals surface area contributed by atoms with Gasteiger partial charge in [0.2, 0.25) is 5.91 Å². The van der Waals surface area contributed by atoms with Crippen LogP contribution in [0.5, 0.6) is 0 Å². The van der Waals surface area contributed by atoms with Gasteiger partial charge < -0.3 is 10.2 Å². The summed E-state index contributed by atoms with van der Waals surface area (Å²) in [7, 11) is 0. The maximum atomic E-state index is 12.4. The Labute approximate surface area is 132 Å². The summed E-state index contributed by atoms with van der Waals surface area (Å²) in [6, 6.07) is -0.00188. The molecule has 6 heteroatoms. The van der Waals surface area contributed by atoms with E-state index in [4.69, 9.17) is 0 Å². The number of nitrogens with one attached hydrogen (secondary N) is 1. The Morgan fingerprint density at radius 1 is 1.23 bits per heavy atom. The summed E-state index contributed by atoms with van der Waals surface area (Å²) in [4.78, 5) is 33.8. The second kappa shape index (κ2) is 9.12. The van der Waals surface area contributed by atoms with Crippen LogP contribution in [0.2, 0.25) is 0 Å². The second-order valence-corrected chi connectivity index (χ2v) is 5.97. The number of aromatic nitrogens is 2. The SMILES string of the molecule is CC(C)CCNC(=O)CCN(C(=O)c1cnccn1)C(C)C. The Bertz CT molecular complexity index is 474. The quantitative estimate of drug-likeness (QED) is 0.795. The van der Waals surface area contributed by atoms with Gasteiger partial charge in [-0.1, -0.05) is 13.8 Å². The number of hydrogen-bond acceptors (Lipinski definition) is 4. The number of rotatable bonds is 8. The normalized spacial score (nSPS) is 10.8. The van der Waals surface area contributed by atoms with Crippen LogP contribution < -0.4 is 5.32 Å². The summed E-state index contributed by atoms with van der Waals surface area (Å²) >= 11 is 0. The first-order valence-electron chi connectivity index (χ1n) is 7.75. The van der Waals surface area contributed by atoms with Gasteiger partial charge in [0.05, 0.1) is 6.20 Å². The van der Waals surface area contributed by atoms with Crippen LogP contribution in [0.4, 0.5) is 0 Å². The van der Waals surface area contributed by atoms with Crippen LogP contribution in [0.25, 0.3) is 0 Å². The summed E-state index contributed by atoms with van der Waals surface area (Å²) in [5.41, 5.74) is 0.302. The Hall–Kier alpha value is -1.98. The van der Waals surface area contributed by atoms with Crippen LogP contribution >= 0.6 is 0 Å². The molecule has 122 valence electrons. The van der Waals surface area contributed by atoms with Crippen molar-refractivity contribution in [2.24, 2.45) is 5.92 Å². The molecule has 1 aromatic rings. The van der Waals surface area contributed by atoms with Crippen LogP contribution in [0, 0.1) is 5.92 Å². The maximum Gasteiger partial charge on any atom is 0.274 e. The molecular weight excluding hydrogens is 280 g/mol. The van der Waals surface area contributed by atoms with Crippen molar-refractivity contribution in [1.82, 2.24) is 20.2 Å². The standard InChI is InChI=1S/C16H26N4O2/c1-12(2)5-7-19-15(21)6-10-20(13(3)4)16(22)14-11-17-8-9-18-14/h8-9,11-13H,5-7,10H2,1-4H3,(H,19,21). The summed E-state index contributed by atoms with van der Waals surface area (Å²) in [6.45, 7) is 9.13. The van der Waals surface area contributed by atoms with Crippen molar-refractivity contribution in [1.29, 1.82) is 0 Å². The molecule has 1 aromatic heterocycles. The molecule has 6 nitrogen and oxygen atoms in total. The molecule has 0 aliphatic rings. The fourth-order valence-electron chi connectivity index (χ4n) is 1.96. The Kier molecular flexibility index (Phi) is 7.49. The van der Waals surface area contributed by atoms with E-state index in [1.165, 1.54) is 18.6 Å². The van der Waals surface area contributed by atoms with Crippen LogP contribution in [-0.4, -0.2) is 45.8 Å². The minimum atomic E-state index is -0.196. The Morgan fingerprint density at radius 3 is 2.50 bits per heavy atom. The van der Waals surface area contributed by atoms with Crippen LogP contribution in [0.1, 0.15) is 51.0 Å². The van der Waals surface area contributed by atoms with Gasteiger partial charge in [-0.15, -0.1) is 0 Å². The average Bonchev–Trinajstić information content (AvgIpc) is 2.47. The predicted octanol–water partition coefficient (Wildman–Crippen LogP) is 1.88. The van der Waals surface area contributed by atoms with Gasteiger partial charge in [-0.2, -0.15) is 0 Å². The molecule has 0 bridgehead atoms. The van der Waals surface area contributed by atoms with Gasteiger partial charge in [0, 0.05) is 37.9 Å². The van der Waals surface area contributed by atoms with Crippen molar-refractivity contribution in [3.63, 3.8) is 0 Å². The molecule has 0 saturated heterocycles. The lowest BCUT2D eigenvalue weighted by atomic mass is 10.1. The first kappa shape index (κ1) is 18.1. The van der Waals surface area contributed by atoms with Crippen molar-refractivity contribution >= 4 is 11.8 Å². The van der Waals surface area contributed by atoms with Gasteiger partial charge in [0.1, 0.15) is 5.69 Å². The molecule has 0 aliphatic carbocycles. The summed E-state index contributed by atoms with van der Waals surface area (Å²) < 4.78 is 0. The van der Waals surface area contributed by atoms with Crippen molar-refractivity contribution in [2.75, 3.05) is 13.1 Å². The third-order valence-corrected chi connectivity index (χ3v) is 3.29. The molecule has 0 aromatic carbocycles. The number of amides is 2. The number of carbonyl (C=O) groups is 2. The molecule has 1 N–H and O–H groups in total. The Balaban J connectivity index is 2.51. The lowest BCUT2D eigenvalue weighted by Gasteiger charge is -2.26. The second-order valence-electron chi connectivity index (χ2n) is 5.97. The van der Waals surface area contributed by atoms with E-state index in [-0.39, 0.29) is 17.9 Å². The van der Waals surface area contributed by atoms with Crippen LogP contribution in [0.15, 0.2) is 18.6 Å². The highest BCUT2D eigenvalue weighted by Gasteiger charge is 2.20. The van der Waals surface area contributed by atoms with Gasteiger partial charge in [-0.05, 0) is 26.2 Å². The highest BCUT2D eigenvalue weighted by atomic mass is 16.2. The van der Waals surface area contributed by atoms with E-state index in [2.05, 4.69) is 29.1 Å². The van der Waals surface area contributed by atoms with E-state index in [1.807, 2.05) is 13.8 Å². The van der Waals surface area contributed by atoms with Crippen LogP contribution in [0.3, 0.4) is 0 Å². The van der Waals surface area contributed by atoms with Crippen molar-refractivity contribution in [3.05, 3.63) is 24.3 Å². The summed E-state index contributed by atoms with van der Waals surface area (Å²) in [5, 5.41) is 2.88. The zero-order valence-corrected chi connectivity index (χ0v) is 13.9. The summed E-state index contributed by atoms with van der Waals surface area (Å²) in [5.74, 6) is 0.335. The topological polar surface area (TPSA) is 75.2 Å². The van der Waals surface area contributed by atoms with Gasteiger partial charge in [0.15, 0.2) is 0 Å². The van der Waals surface area contributed by atoms with E-state index in [0.29, 0.717) is 31.1 Å². The smallest absolute Gasteiger partial charge is 0.274 e. The largest absolute Gasteiger partial charge is 0.356 e. The molecule has 0 unspecified atom stereocenters. The van der Waals surface area contributed by atoms with E-state index >= 15 is 0 Å². The minimum absolute atomic E-state index is 0.00188. The molecule has 0 spiro atoms. The highest BCUT2D eigenvalue weighted by Crippen LogP contribution is 2.06. The Morgan fingerprint density at radius 2 is 1.95 bits per heavy atom. The fourth-order valence-corrected chi connectivity index (χ4v) is 1.96. The fraction of sp³-hybridized carbons (Fsp3) is 0.625. The van der Waals surface area contributed by atoms with E-state index in [9.17, 15) is 9.59 Å². The van der Waals surface area contributed by atoms with Crippen molar-refractivity contribution in [3.8, 4) is 0 Å². The highest BCUT2D eigenvalue weighted by molar-refractivity contribution is 5.92. The van der Waals surface area contributed by atoms with Gasteiger partial charge in [0.25, 0.3) is 5.91 Å².